The number of ether oxygens (including phenoxy) is 2. The number of nitrogens with two attached hydrogens (primary N) is 1. The first-order chi connectivity index (χ1) is 7.19. The van der Waals surface area contributed by atoms with E-state index >= 15 is 0 Å². The second-order valence-electron chi connectivity index (χ2n) is 2.78. The van der Waals surface area contributed by atoms with Crippen LogP contribution in [0.4, 0.5) is 10.1 Å². The maximum absolute atomic E-state index is 11.9. The van der Waals surface area contributed by atoms with E-state index in [0.717, 1.165) is 0 Å². The van der Waals surface area contributed by atoms with Crippen molar-refractivity contribution in [3.8, 4) is 5.75 Å². The van der Waals surface area contributed by atoms with E-state index < -0.39 is 12.6 Å². The van der Waals surface area contributed by atoms with E-state index in [9.17, 15) is 9.18 Å². The minimum atomic E-state index is -0.620. The van der Waals surface area contributed by atoms with E-state index in [1.165, 1.54) is 19.2 Å². The molecule has 0 saturated carbocycles. The van der Waals surface area contributed by atoms with Gasteiger partial charge in [0.1, 0.15) is 24.6 Å². The van der Waals surface area contributed by atoms with E-state index in [1.807, 2.05) is 0 Å². The summed E-state index contributed by atoms with van der Waals surface area (Å²) in [5, 5.41) is 0. The lowest BCUT2D eigenvalue weighted by Crippen LogP contribution is -2.08. The van der Waals surface area contributed by atoms with E-state index in [2.05, 4.69) is 4.74 Å². The van der Waals surface area contributed by atoms with Crippen LogP contribution in [0.3, 0.4) is 0 Å². The maximum atomic E-state index is 11.9. The van der Waals surface area contributed by atoms with Crippen molar-refractivity contribution >= 4 is 11.7 Å². The van der Waals surface area contributed by atoms with Gasteiger partial charge in [0.2, 0.25) is 0 Å². The molecular weight excluding hydrogens is 201 g/mol. The Kier molecular flexibility index (Phi) is 3.91. The van der Waals surface area contributed by atoms with E-state index in [4.69, 9.17) is 10.5 Å². The normalized spacial score (nSPS) is 9.73. The van der Waals surface area contributed by atoms with E-state index in [-0.39, 0.29) is 17.9 Å². The third-order valence-electron chi connectivity index (χ3n) is 1.74. The summed E-state index contributed by atoms with van der Waals surface area (Å²) in [6.07, 6.45) is 0. The standard InChI is InChI=1S/C10H12FNO3/c1-14-10(13)8-6-7(12)2-3-9(8)15-5-4-11/h2-3,6H,4-5,12H2,1H3. The van der Waals surface area contributed by atoms with Gasteiger partial charge in [0.15, 0.2) is 0 Å². The molecule has 0 amide bonds. The van der Waals surface area contributed by atoms with Gasteiger partial charge in [-0.05, 0) is 18.2 Å². The van der Waals surface area contributed by atoms with Gasteiger partial charge in [0.05, 0.1) is 7.11 Å². The predicted octanol–water partition coefficient (Wildman–Crippen LogP) is 1.40. The van der Waals surface area contributed by atoms with Crippen molar-refractivity contribution in [3.63, 3.8) is 0 Å². The fourth-order valence-corrected chi connectivity index (χ4v) is 1.09. The molecule has 0 spiro atoms. The monoisotopic (exact) mass is 213 g/mol. The molecule has 0 aliphatic carbocycles. The van der Waals surface area contributed by atoms with Gasteiger partial charge in [0, 0.05) is 5.69 Å². The van der Waals surface area contributed by atoms with Gasteiger partial charge in [-0.3, -0.25) is 0 Å². The zero-order valence-corrected chi connectivity index (χ0v) is 8.33. The molecule has 1 aromatic rings. The molecule has 0 aliphatic rings. The second-order valence-corrected chi connectivity index (χ2v) is 2.78. The molecule has 0 heterocycles. The van der Waals surface area contributed by atoms with Crippen LogP contribution in [-0.4, -0.2) is 26.4 Å². The van der Waals surface area contributed by atoms with Crippen LogP contribution in [0, 0.1) is 0 Å². The van der Waals surface area contributed by atoms with E-state index in [0.29, 0.717) is 5.69 Å². The topological polar surface area (TPSA) is 61.5 Å². The quantitative estimate of drug-likeness (QED) is 0.606. The van der Waals surface area contributed by atoms with Crippen molar-refractivity contribution in [2.75, 3.05) is 26.1 Å². The molecule has 0 aromatic heterocycles. The summed E-state index contributed by atoms with van der Waals surface area (Å²) >= 11 is 0. The van der Waals surface area contributed by atoms with Crippen molar-refractivity contribution in [2.45, 2.75) is 0 Å². The van der Waals surface area contributed by atoms with Crippen LogP contribution in [0.5, 0.6) is 5.75 Å². The highest BCUT2D eigenvalue weighted by atomic mass is 19.1. The van der Waals surface area contributed by atoms with Crippen LogP contribution >= 0.6 is 0 Å². The van der Waals surface area contributed by atoms with Gasteiger partial charge in [-0.15, -0.1) is 0 Å². The zero-order valence-electron chi connectivity index (χ0n) is 8.33. The number of hydrogen-bond acceptors (Lipinski definition) is 4. The number of carbonyl (C=O) groups excluding carboxylic acids is 1. The molecule has 4 nitrogen and oxygen atoms in total. The highest BCUT2D eigenvalue weighted by molar-refractivity contribution is 5.93. The van der Waals surface area contributed by atoms with Crippen LogP contribution in [0.2, 0.25) is 0 Å². The summed E-state index contributed by atoms with van der Waals surface area (Å²) in [6.45, 7) is -0.723. The molecule has 0 radical (unpaired) electrons. The lowest BCUT2D eigenvalue weighted by Gasteiger charge is -2.09. The lowest BCUT2D eigenvalue weighted by atomic mass is 10.2. The number of methoxy groups -OCH3 is 1. The minimum Gasteiger partial charge on any atom is -0.490 e. The van der Waals surface area contributed by atoms with Gasteiger partial charge in [-0.25, -0.2) is 9.18 Å². The third-order valence-corrected chi connectivity index (χ3v) is 1.74. The van der Waals surface area contributed by atoms with Crippen molar-refractivity contribution < 1.29 is 18.7 Å². The number of alkyl halides is 1. The van der Waals surface area contributed by atoms with Gasteiger partial charge in [-0.2, -0.15) is 0 Å². The van der Waals surface area contributed by atoms with Crippen molar-refractivity contribution in [3.05, 3.63) is 23.8 Å². The number of esters is 1. The highest BCUT2D eigenvalue weighted by Crippen LogP contribution is 2.22. The summed E-state index contributed by atoms with van der Waals surface area (Å²) in [5.74, 6) is -0.287. The smallest absolute Gasteiger partial charge is 0.341 e. The summed E-state index contributed by atoms with van der Waals surface area (Å²) in [6, 6.07) is 4.51. The van der Waals surface area contributed by atoms with Crippen LogP contribution in [-0.2, 0) is 4.74 Å². The fraction of sp³-hybridized carbons (Fsp3) is 0.300. The van der Waals surface area contributed by atoms with Crippen LogP contribution in [0.25, 0.3) is 0 Å². The Morgan fingerprint density at radius 1 is 1.53 bits per heavy atom. The minimum absolute atomic E-state index is 0.103. The average Bonchev–Trinajstić information content (AvgIpc) is 2.26. The molecule has 1 aromatic carbocycles. The van der Waals surface area contributed by atoms with Gasteiger partial charge >= 0.3 is 5.97 Å². The molecule has 0 aliphatic heterocycles. The second kappa shape index (κ2) is 5.19. The summed E-state index contributed by atoms with van der Waals surface area (Å²) < 4.78 is 21.5. The SMILES string of the molecule is COC(=O)c1cc(N)ccc1OCCF. The molecule has 82 valence electrons. The number of halogens is 1. The first-order valence-corrected chi connectivity index (χ1v) is 4.35. The van der Waals surface area contributed by atoms with Gasteiger partial charge in [0.25, 0.3) is 0 Å². The zero-order chi connectivity index (χ0) is 11.3. The number of anilines is 1. The Hall–Kier alpha value is -1.78. The summed E-state index contributed by atoms with van der Waals surface area (Å²) in [4.78, 5) is 11.3. The number of hydrogen-bond donors (Lipinski definition) is 1. The van der Waals surface area contributed by atoms with Crippen LogP contribution < -0.4 is 10.5 Å². The molecule has 0 saturated heterocycles. The van der Waals surface area contributed by atoms with Crippen molar-refractivity contribution in [1.29, 1.82) is 0 Å². The lowest BCUT2D eigenvalue weighted by molar-refractivity contribution is 0.0595. The number of nitrogen functional groups attached to an aromatic ring is 1. The maximum Gasteiger partial charge on any atom is 0.341 e. The Bertz CT molecular complexity index is 355. The first kappa shape index (κ1) is 11.3. The molecule has 0 bridgehead atoms. The molecule has 2 N–H and O–H groups in total. The summed E-state index contributed by atoms with van der Waals surface area (Å²) in [5.41, 5.74) is 6.13. The Labute approximate surface area is 86.8 Å². The molecular formula is C10H12FNO3. The summed E-state index contributed by atoms with van der Waals surface area (Å²) in [7, 11) is 1.25. The molecule has 1 rings (SSSR count). The van der Waals surface area contributed by atoms with Crippen molar-refractivity contribution in [2.24, 2.45) is 0 Å². The van der Waals surface area contributed by atoms with Gasteiger partial charge < -0.3 is 15.2 Å². The van der Waals surface area contributed by atoms with Crippen molar-refractivity contribution in [1.82, 2.24) is 0 Å². The molecule has 0 unspecified atom stereocenters. The first-order valence-electron chi connectivity index (χ1n) is 4.35. The molecule has 5 heteroatoms. The Balaban J connectivity index is 2.97. The van der Waals surface area contributed by atoms with Gasteiger partial charge in [-0.1, -0.05) is 0 Å². The third kappa shape index (κ3) is 2.83. The fourth-order valence-electron chi connectivity index (χ4n) is 1.09. The van der Waals surface area contributed by atoms with Crippen LogP contribution in [0.1, 0.15) is 10.4 Å². The molecule has 0 atom stereocenters. The van der Waals surface area contributed by atoms with Crippen LogP contribution in [0.15, 0.2) is 18.2 Å². The number of rotatable bonds is 4. The molecule has 15 heavy (non-hydrogen) atoms. The number of benzene rings is 1. The Morgan fingerprint density at radius 3 is 2.87 bits per heavy atom. The molecule has 0 fully saturated rings. The number of carbonyl (C=O) groups is 1. The highest BCUT2D eigenvalue weighted by Gasteiger charge is 2.13. The predicted molar refractivity (Wildman–Crippen MR) is 53.7 cm³/mol. The van der Waals surface area contributed by atoms with E-state index in [1.54, 1.807) is 6.07 Å². The average molecular weight is 213 g/mol. The Morgan fingerprint density at radius 2 is 2.27 bits per heavy atom. The largest absolute Gasteiger partial charge is 0.490 e.